The Balaban J connectivity index is 2.50. The Bertz CT molecular complexity index is 338. The number of amides is 1. The molecule has 7 heteroatoms. The first-order valence-electron chi connectivity index (χ1n) is 6.09. The molecule has 3 atom stereocenters. The summed E-state index contributed by atoms with van der Waals surface area (Å²) in [6.07, 6.45) is -1.77. The molecule has 2 N–H and O–H groups in total. The summed E-state index contributed by atoms with van der Waals surface area (Å²) < 4.78 is 15.4. The van der Waals surface area contributed by atoms with Gasteiger partial charge in [0, 0.05) is 7.11 Å². The lowest BCUT2D eigenvalue weighted by Crippen LogP contribution is -2.52. The number of aliphatic carboxylic acids is 1. The maximum Gasteiger partial charge on any atom is 0.407 e. The summed E-state index contributed by atoms with van der Waals surface area (Å²) in [6, 6.07) is -0.324. The molecule has 0 saturated carbocycles. The Kier molecular flexibility index (Phi) is 5.13. The summed E-state index contributed by atoms with van der Waals surface area (Å²) in [6.45, 7) is 5.42. The average Bonchev–Trinajstić information content (AvgIpc) is 2.25. The van der Waals surface area contributed by atoms with Crippen LogP contribution in [0.25, 0.3) is 0 Å². The van der Waals surface area contributed by atoms with Crippen molar-refractivity contribution in [2.24, 2.45) is 0 Å². The molecule has 1 aliphatic heterocycles. The van der Waals surface area contributed by atoms with Crippen LogP contribution in [-0.2, 0) is 19.0 Å². The number of nitrogens with one attached hydrogen (secondary N) is 1. The van der Waals surface area contributed by atoms with Crippen molar-refractivity contribution in [1.29, 1.82) is 0 Å². The number of carboxylic acids is 1. The number of ether oxygens (including phenoxy) is 3. The highest BCUT2D eigenvalue weighted by molar-refractivity contribution is 5.73. The Morgan fingerprint density at radius 2 is 2.00 bits per heavy atom. The Hall–Kier alpha value is -1.34. The molecule has 1 aliphatic rings. The minimum atomic E-state index is -1.07. The van der Waals surface area contributed by atoms with E-state index in [1.807, 2.05) is 0 Å². The second-order valence-electron chi connectivity index (χ2n) is 5.45. The Morgan fingerprint density at radius 1 is 1.37 bits per heavy atom. The van der Waals surface area contributed by atoms with Crippen LogP contribution < -0.4 is 5.32 Å². The van der Waals surface area contributed by atoms with Crippen molar-refractivity contribution in [3.05, 3.63) is 0 Å². The molecule has 0 aromatic heterocycles. The third-order valence-corrected chi connectivity index (χ3v) is 2.60. The molecule has 0 bridgehead atoms. The summed E-state index contributed by atoms with van der Waals surface area (Å²) in [7, 11) is 1.42. The molecular weight excluding hydrogens is 254 g/mol. The van der Waals surface area contributed by atoms with Gasteiger partial charge >= 0.3 is 12.1 Å². The highest BCUT2D eigenvalue weighted by Gasteiger charge is 2.37. The molecule has 1 saturated heterocycles. The SMILES string of the molecule is COC1CC(NC(=O)OC(C)(C)C)COC1C(=O)O. The molecule has 0 spiro atoms. The van der Waals surface area contributed by atoms with E-state index in [0.29, 0.717) is 6.42 Å². The van der Waals surface area contributed by atoms with Crippen LogP contribution in [0.15, 0.2) is 0 Å². The molecule has 0 aliphatic carbocycles. The molecule has 1 amide bonds. The van der Waals surface area contributed by atoms with Crippen molar-refractivity contribution >= 4 is 12.1 Å². The van der Waals surface area contributed by atoms with Crippen molar-refractivity contribution in [2.45, 2.75) is 51.0 Å². The maximum atomic E-state index is 11.6. The van der Waals surface area contributed by atoms with E-state index in [-0.39, 0.29) is 12.6 Å². The molecule has 7 nitrogen and oxygen atoms in total. The van der Waals surface area contributed by atoms with Crippen LogP contribution in [0.1, 0.15) is 27.2 Å². The van der Waals surface area contributed by atoms with Gasteiger partial charge < -0.3 is 24.6 Å². The fourth-order valence-electron chi connectivity index (χ4n) is 1.82. The van der Waals surface area contributed by atoms with E-state index in [9.17, 15) is 9.59 Å². The standard InChI is InChI=1S/C12H21NO6/c1-12(2,3)19-11(16)13-7-5-8(17-4)9(10(14)15)18-6-7/h7-9H,5-6H2,1-4H3,(H,13,16)(H,14,15). The van der Waals surface area contributed by atoms with Gasteiger partial charge in [-0.3, -0.25) is 0 Å². The first-order chi connectivity index (χ1) is 8.73. The largest absolute Gasteiger partial charge is 0.479 e. The number of carbonyl (C=O) groups excluding carboxylic acids is 1. The van der Waals surface area contributed by atoms with Gasteiger partial charge in [-0.1, -0.05) is 0 Å². The third kappa shape index (κ3) is 5.04. The topological polar surface area (TPSA) is 94.1 Å². The van der Waals surface area contributed by atoms with E-state index in [4.69, 9.17) is 19.3 Å². The molecule has 3 unspecified atom stereocenters. The zero-order valence-electron chi connectivity index (χ0n) is 11.6. The lowest BCUT2D eigenvalue weighted by atomic mass is 10.0. The van der Waals surface area contributed by atoms with E-state index in [1.54, 1.807) is 20.8 Å². The number of hydrogen-bond donors (Lipinski definition) is 2. The predicted molar refractivity (Wildman–Crippen MR) is 65.9 cm³/mol. The summed E-state index contributed by atoms with van der Waals surface area (Å²) >= 11 is 0. The molecular formula is C12H21NO6. The molecule has 1 fully saturated rings. The van der Waals surface area contributed by atoms with Gasteiger partial charge in [-0.25, -0.2) is 9.59 Å². The fourth-order valence-corrected chi connectivity index (χ4v) is 1.82. The van der Waals surface area contributed by atoms with Gasteiger partial charge in [-0.2, -0.15) is 0 Å². The van der Waals surface area contributed by atoms with E-state index in [2.05, 4.69) is 5.32 Å². The van der Waals surface area contributed by atoms with Crippen molar-refractivity contribution in [3.63, 3.8) is 0 Å². The maximum absolute atomic E-state index is 11.6. The first kappa shape index (κ1) is 15.7. The minimum Gasteiger partial charge on any atom is -0.479 e. The van der Waals surface area contributed by atoms with E-state index < -0.39 is 29.9 Å². The van der Waals surface area contributed by atoms with Gasteiger partial charge in [0.15, 0.2) is 6.10 Å². The fraction of sp³-hybridized carbons (Fsp3) is 0.833. The molecule has 110 valence electrons. The molecule has 1 rings (SSSR count). The van der Waals surface area contributed by atoms with Gasteiger partial charge in [0.25, 0.3) is 0 Å². The van der Waals surface area contributed by atoms with Crippen LogP contribution in [0.5, 0.6) is 0 Å². The van der Waals surface area contributed by atoms with E-state index in [1.165, 1.54) is 7.11 Å². The summed E-state index contributed by atoms with van der Waals surface area (Å²) in [5, 5.41) is 11.6. The van der Waals surface area contributed by atoms with Crippen LogP contribution in [0.2, 0.25) is 0 Å². The normalized spacial score (nSPS) is 27.7. The third-order valence-electron chi connectivity index (χ3n) is 2.60. The number of carbonyl (C=O) groups is 2. The summed E-state index contributed by atoms with van der Waals surface area (Å²) in [4.78, 5) is 22.5. The monoisotopic (exact) mass is 275 g/mol. The molecule has 1 heterocycles. The van der Waals surface area contributed by atoms with Gasteiger partial charge in [-0.15, -0.1) is 0 Å². The van der Waals surface area contributed by atoms with Crippen molar-refractivity contribution in [3.8, 4) is 0 Å². The minimum absolute atomic E-state index is 0.121. The van der Waals surface area contributed by atoms with E-state index in [0.717, 1.165) is 0 Å². The zero-order chi connectivity index (χ0) is 14.6. The summed E-state index contributed by atoms with van der Waals surface area (Å²) in [5.41, 5.74) is -0.579. The Labute approximate surface area is 112 Å². The van der Waals surface area contributed by atoms with Crippen LogP contribution in [0, 0.1) is 0 Å². The molecule has 19 heavy (non-hydrogen) atoms. The van der Waals surface area contributed by atoms with Crippen LogP contribution in [0.4, 0.5) is 4.79 Å². The number of methoxy groups -OCH3 is 1. The van der Waals surface area contributed by atoms with Gasteiger partial charge in [0.1, 0.15) is 5.60 Å². The second kappa shape index (κ2) is 6.21. The lowest BCUT2D eigenvalue weighted by molar-refractivity contribution is -0.168. The number of alkyl carbamates (subject to hydrolysis) is 1. The average molecular weight is 275 g/mol. The first-order valence-corrected chi connectivity index (χ1v) is 6.09. The number of hydrogen-bond acceptors (Lipinski definition) is 5. The molecule has 0 aromatic rings. The Morgan fingerprint density at radius 3 is 2.47 bits per heavy atom. The zero-order valence-corrected chi connectivity index (χ0v) is 11.6. The van der Waals surface area contributed by atoms with Crippen LogP contribution in [0.3, 0.4) is 0 Å². The number of rotatable bonds is 3. The van der Waals surface area contributed by atoms with Crippen LogP contribution >= 0.6 is 0 Å². The summed E-state index contributed by atoms with van der Waals surface area (Å²) in [5.74, 6) is -1.07. The second-order valence-corrected chi connectivity index (χ2v) is 5.45. The number of carboxylic acid groups (broad SMARTS) is 1. The van der Waals surface area contributed by atoms with Crippen LogP contribution in [-0.4, -0.2) is 54.7 Å². The van der Waals surface area contributed by atoms with Crippen molar-refractivity contribution in [1.82, 2.24) is 5.32 Å². The molecule has 0 aromatic carbocycles. The lowest BCUT2D eigenvalue weighted by Gasteiger charge is -2.33. The highest BCUT2D eigenvalue weighted by atomic mass is 16.6. The van der Waals surface area contributed by atoms with Gasteiger partial charge in [0.2, 0.25) is 0 Å². The smallest absolute Gasteiger partial charge is 0.407 e. The quantitative estimate of drug-likeness (QED) is 0.790. The van der Waals surface area contributed by atoms with Crippen molar-refractivity contribution < 1.29 is 28.9 Å². The predicted octanol–water partition coefficient (Wildman–Crippen LogP) is 0.768. The van der Waals surface area contributed by atoms with Gasteiger partial charge in [-0.05, 0) is 27.2 Å². The molecule has 0 radical (unpaired) electrons. The van der Waals surface area contributed by atoms with Gasteiger partial charge in [0.05, 0.1) is 18.8 Å². The van der Waals surface area contributed by atoms with E-state index >= 15 is 0 Å². The van der Waals surface area contributed by atoms with Crippen molar-refractivity contribution in [2.75, 3.05) is 13.7 Å². The highest BCUT2D eigenvalue weighted by Crippen LogP contribution is 2.18.